The number of rotatable bonds is 4. The van der Waals surface area contributed by atoms with E-state index in [1.165, 1.54) is 0 Å². The van der Waals surface area contributed by atoms with Gasteiger partial charge in [-0.05, 0) is 37.6 Å². The number of hydrogen-bond donors (Lipinski definition) is 2. The molecule has 5 heteroatoms. The summed E-state index contributed by atoms with van der Waals surface area (Å²) in [5, 5.41) is 0.711. The predicted molar refractivity (Wildman–Crippen MR) is 76.7 cm³/mol. The largest absolute Gasteiger partial charge is 0.369 e. The standard InChI is InChI=1S/C14H20ClN3O/c1-14(13(17)19)6-7-18(9-14)12(8-16)10-2-4-11(15)5-3-10/h2-5,12H,6-9,16H2,1H3,(H2,17,19). The summed E-state index contributed by atoms with van der Waals surface area (Å²) in [4.78, 5) is 13.7. The Morgan fingerprint density at radius 1 is 1.47 bits per heavy atom. The van der Waals surface area contributed by atoms with Crippen molar-refractivity contribution in [2.75, 3.05) is 19.6 Å². The molecule has 1 aromatic rings. The van der Waals surface area contributed by atoms with Crippen LogP contribution in [-0.4, -0.2) is 30.4 Å². The van der Waals surface area contributed by atoms with Crippen molar-refractivity contribution in [3.05, 3.63) is 34.9 Å². The number of primary amides is 1. The molecule has 2 atom stereocenters. The molecule has 19 heavy (non-hydrogen) atoms. The summed E-state index contributed by atoms with van der Waals surface area (Å²) in [5.74, 6) is -0.234. The fraction of sp³-hybridized carbons (Fsp3) is 0.500. The lowest BCUT2D eigenvalue weighted by Crippen LogP contribution is -2.39. The second-order valence-corrected chi connectivity index (χ2v) is 5.88. The number of benzene rings is 1. The second kappa shape index (κ2) is 5.49. The minimum absolute atomic E-state index is 0.110. The number of carbonyl (C=O) groups excluding carboxylic acids is 1. The minimum Gasteiger partial charge on any atom is -0.369 e. The Morgan fingerprint density at radius 3 is 2.58 bits per heavy atom. The van der Waals surface area contributed by atoms with Crippen molar-refractivity contribution < 1.29 is 4.79 Å². The SMILES string of the molecule is CC1(C(N)=O)CCN(C(CN)c2ccc(Cl)cc2)C1. The van der Waals surface area contributed by atoms with Crippen LogP contribution >= 0.6 is 11.6 Å². The number of nitrogens with two attached hydrogens (primary N) is 2. The van der Waals surface area contributed by atoms with E-state index >= 15 is 0 Å². The summed E-state index contributed by atoms with van der Waals surface area (Å²) in [6.45, 7) is 3.93. The van der Waals surface area contributed by atoms with Crippen LogP contribution in [0.25, 0.3) is 0 Å². The van der Waals surface area contributed by atoms with Gasteiger partial charge in [-0.25, -0.2) is 0 Å². The Hall–Kier alpha value is -1.10. The number of halogens is 1. The van der Waals surface area contributed by atoms with Gasteiger partial charge in [-0.15, -0.1) is 0 Å². The van der Waals surface area contributed by atoms with Crippen LogP contribution in [0.4, 0.5) is 0 Å². The van der Waals surface area contributed by atoms with Crippen molar-refractivity contribution in [1.29, 1.82) is 0 Å². The van der Waals surface area contributed by atoms with Crippen LogP contribution in [0.1, 0.15) is 24.9 Å². The molecule has 2 rings (SSSR count). The number of carbonyl (C=O) groups is 1. The molecule has 1 heterocycles. The van der Waals surface area contributed by atoms with E-state index in [-0.39, 0.29) is 11.9 Å². The molecule has 1 aromatic carbocycles. The van der Waals surface area contributed by atoms with Gasteiger partial charge < -0.3 is 11.5 Å². The zero-order valence-electron chi connectivity index (χ0n) is 11.1. The van der Waals surface area contributed by atoms with Gasteiger partial charge in [0.05, 0.1) is 5.41 Å². The van der Waals surface area contributed by atoms with Crippen LogP contribution < -0.4 is 11.5 Å². The molecule has 0 spiro atoms. The van der Waals surface area contributed by atoms with Crippen LogP contribution in [0.2, 0.25) is 5.02 Å². The van der Waals surface area contributed by atoms with Crippen LogP contribution in [-0.2, 0) is 4.79 Å². The Balaban J connectivity index is 2.16. The van der Waals surface area contributed by atoms with Gasteiger partial charge in [0.2, 0.25) is 5.91 Å². The highest BCUT2D eigenvalue weighted by Gasteiger charge is 2.41. The molecule has 0 saturated carbocycles. The first kappa shape index (κ1) is 14.3. The molecule has 1 aliphatic heterocycles. The highest BCUT2D eigenvalue weighted by molar-refractivity contribution is 6.30. The summed E-state index contributed by atoms with van der Waals surface area (Å²) in [7, 11) is 0. The summed E-state index contributed by atoms with van der Waals surface area (Å²) >= 11 is 5.90. The van der Waals surface area contributed by atoms with E-state index in [1.807, 2.05) is 31.2 Å². The molecule has 0 aliphatic carbocycles. The fourth-order valence-corrected chi connectivity index (χ4v) is 2.77. The molecule has 0 aromatic heterocycles. The monoisotopic (exact) mass is 281 g/mol. The maximum Gasteiger partial charge on any atom is 0.224 e. The summed E-state index contributed by atoms with van der Waals surface area (Å²) in [6.07, 6.45) is 0.784. The molecule has 1 aliphatic rings. The maximum absolute atomic E-state index is 11.5. The zero-order chi connectivity index (χ0) is 14.0. The van der Waals surface area contributed by atoms with Crippen molar-refractivity contribution in [2.24, 2.45) is 16.9 Å². The number of likely N-dealkylation sites (tertiary alicyclic amines) is 1. The van der Waals surface area contributed by atoms with Crippen molar-refractivity contribution in [2.45, 2.75) is 19.4 Å². The van der Waals surface area contributed by atoms with Gasteiger partial charge in [0.1, 0.15) is 0 Å². The van der Waals surface area contributed by atoms with Gasteiger partial charge in [-0.3, -0.25) is 9.69 Å². The molecule has 1 fully saturated rings. The van der Waals surface area contributed by atoms with E-state index in [0.29, 0.717) is 18.1 Å². The number of hydrogen-bond acceptors (Lipinski definition) is 3. The average Bonchev–Trinajstić information content (AvgIpc) is 2.77. The van der Waals surface area contributed by atoms with Crippen LogP contribution in [0.3, 0.4) is 0 Å². The molecular weight excluding hydrogens is 262 g/mol. The molecule has 4 nitrogen and oxygen atoms in total. The van der Waals surface area contributed by atoms with E-state index in [2.05, 4.69) is 4.90 Å². The van der Waals surface area contributed by atoms with Gasteiger partial charge in [0.25, 0.3) is 0 Å². The van der Waals surface area contributed by atoms with E-state index in [0.717, 1.165) is 18.5 Å². The molecule has 104 valence electrons. The molecule has 1 saturated heterocycles. The fourth-order valence-electron chi connectivity index (χ4n) is 2.64. The Labute approximate surface area is 118 Å². The quantitative estimate of drug-likeness (QED) is 0.879. The normalized spacial score (nSPS) is 25.4. The molecule has 1 amide bonds. The first-order valence-electron chi connectivity index (χ1n) is 6.46. The van der Waals surface area contributed by atoms with Gasteiger partial charge in [-0.1, -0.05) is 23.7 Å². The van der Waals surface area contributed by atoms with E-state index in [1.54, 1.807) is 0 Å². The maximum atomic E-state index is 11.5. The van der Waals surface area contributed by atoms with Crippen LogP contribution in [0.5, 0.6) is 0 Å². The van der Waals surface area contributed by atoms with Crippen molar-refractivity contribution >= 4 is 17.5 Å². The van der Waals surface area contributed by atoms with Crippen LogP contribution in [0, 0.1) is 5.41 Å². The van der Waals surface area contributed by atoms with Gasteiger partial charge in [-0.2, -0.15) is 0 Å². The Morgan fingerprint density at radius 2 is 2.11 bits per heavy atom. The number of amides is 1. The highest BCUT2D eigenvalue weighted by Crippen LogP contribution is 2.34. The molecule has 2 unspecified atom stereocenters. The molecule has 4 N–H and O–H groups in total. The van der Waals surface area contributed by atoms with E-state index < -0.39 is 5.41 Å². The van der Waals surface area contributed by atoms with Crippen molar-refractivity contribution in [1.82, 2.24) is 4.90 Å². The van der Waals surface area contributed by atoms with Gasteiger partial charge in [0.15, 0.2) is 0 Å². The Bertz CT molecular complexity index is 462. The van der Waals surface area contributed by atoms with Crippen molar-refractivity contribution in [3.8, 4) is 0 Å². The molecule has 0 bridgehead atoms. The zero-order valence-corrected chi connectivity index (χ0v) is 11.9. The third-order valence-corrected chi connectivity index (χ3v) is 4.27. The minimum atomic E-state index is -0.445. The second-order valence-electron chi connectivity index (χ2n) is 5.45. The topological polar surface area (TPSA) is 72.4 Å². The first-order chi connectivity index (χ1) is 8.96. The lowest BCUT2D eigenvalue weighted by Gasteiger charge is -2.28. The summed E-state index contributed by atoms with van der Waals surface area (Å²) < 4.78 is 0. The molecule has 0 radical (unpaired) electrons. The van der Waals surface area contributed by atoms with Crippen LogP contribution in [0.15, 0.2) is 24.3 Å². The van der Waals surface area contributed by atoms with E-state index in [9.17, 15) is 4.79 Å². The third kappa shape index (κ3) is 2.91. The summed E-state index contributed by atoms with van der Waals surface area (Å²) in [6, 6.07) is 7.81. The molecular formula is C14H20ClN3O. The highest BCUT2D eigenvalue weighted by atomic mass is 35.5. The van der Waals surface area contributed by atoms with Gasteiger partial charge in [0, 0.05) is 24.2 Å². The lowest BCUT2D eigenvalue weighted by atomic mass is 9.89. The predicted octanol–water partition coefficient (Wildman–Crippen LogP) is 1.54. The third-order valence-electron chi connectivity index (χ3n) is 4.02. The first-order valence-corrected chi connectivity index (χ1v) is 6.83. The Kier molecular flexibility index (Phi) is 4.13. The smallest absolute Gasteiger partial charge is 0.224 e. The van der Waals surface area contributed by atoms with Gasteiger partial charge >= 0.3 is 0 Å². The number of nitrogens with zero attached hydrogens (tertiary/aromatic N) is 1. The average molecular weight is 282 g/mol. The summed E-state index contributed by atoms with van der Waals surface area (Å²) in [5.41, 5.74) is 12.1. The lowest BCUT2D eigenvalue weighted by molar-refractivity contribution is -0.126. The van der Waals surface area contributed by atoms with E-state index in [4.69, 9.17) is 23.1 Å². The van der Waals surface area contributed by atoms with Crippen molar-refractivity contribution in [3.63, 3.8) is 0 Å².